The highest BCUT2D eigenvalue weighted by atomic mass is 32.2. The van der Waals surface area contributed by atoms with Crippen LogP contribution in [0.2, 0.25) is 25.7 Å². The predicted octanol–water partition coefficient (Wildman–Crippen LogP) is 4.40. The van der Waals surface area contributed by atoms with Gasteiger partial charge in [0.2, 0.25) is 0 Å². The Hall–Kier alpha value is -1.95. The van der Waals surface area contributed by atoms with E-state index in [9.17, 15) is 0 Å². The summed E-state index contributed by atoms with van der Waals surface area (Å²) >= 11 is 3.05. The second-order valence-corrected chi connectivity index (χ2v) is 16.1. The van der Waals surface area contributed by atoms with Crippen LogP contribution in [0.4, 0.5) is 5.00 Å². The van der Waals surface area contributed by atoms with E-state index in [0.29, 0.717) is 13.3 Å². The number of nitrogens with zero attached hydrogens (tertiary/aromatic N) is 6. The van der Waals surface area contributed by atoms with Crippen LogP contribution in [0, 0.1) is 6.92 Å². The molecule has 0 radical (unpaired) electrons. The summed E-state index contributed by atoms with van der Waals surface area (Å²) in [6, 6.07) is 3.28. The highest BCUT2D eigenvalue weighted by Gasteiger charge is 2.34. The highest BCUT2D eigenvalue weighted by Crippen LogP contribution is 2.33. The number of thioether (sulfide) groups is 1. The lowest BCUT2D eigenvalue weighted by atomic mass is 10.1. The number of ether oxygens (including phenoxy) is 1. The number of hydrogen-bond acceptors (Lipinski definition) is 9. The molecule has 2 aliphatic heterocycles. The maximum Gasteiger partial charge on any atom is 0.175 e. The first-order chi connectivity index (χ1) is 14.8. The van der Waals surface area contributed by atoms with Crippen molar-refractivity contribution in [1.29, 1.82) is 0 Å². The molecule has 8 nitrogen and oxygen atoms in total. The van der Waals surface area contributed by atoms with Crippen molar-refractivity contribution >= 4 is 48.0 Å². The average Bonchev–Trinajstić information content (AvgIpc) is 3.44. The molecule has 4 rings (SSSR count). The minimum Gasteiger partial charge on any atom is -0.360 e. The number of fused-ring (bicyclic) bond motifs is 1. The van der Waals surface area contributed by atoms with Gasteiger partial charge in [-0.25, -0.2) is 9.67 Å². The summed E-state index contributed by atoms with van der Waals surface area (Å²) in [7, 11) is -1.08. The van der Waals surface area contributed by atoms with Gasteiger partial charge < -0.3 is 15.0 Å². The van der Waals surface area contributed by atoms with Crippen LogP contribution in [0.5, 0.6) is 0 Å². The van der Waals surface area contributed by atoms with Gasteiger partial charge in [-0.15, -0.1) is 11.8 Å². The Kier molecular flexibility index (Phi) is 6.65. The first-order valence-corrected chi connectivity index (χ1v) is 16.0. The van der Waals surface area contributed by atoms with Crippen LogP contribution in [0.25, 0.3) is 0 Å². The first kappa shape index (κ1) is 22.2. The van der Waals surface area contributed by atoms with Crippen LogP contribution in [0.1, 0.15) is 17.3 Å². The van der Waals surface area contributed by atoms with E-state index in [4.69, 9.17) is 14.7 Å². The van der Waals surface area contributed by atoms with Crippen molar-refractivity contribution < 1.29 is 4.74 Å². The number of aromatic nitrogens is 3. The molecule has 0 aliphatic carbocycles. The van der Waals surface area contributed by atoms with E-state index in [1.54, 1.807) is 11.8 Å². The summed E-state index contributed by atoms with van der Waals surface area (Å²) in [5.41, 5.74) is 2.12. The number of nitrogens with one attached hydrogen (secondary N) is 1. The molecule has 31 heavy (non-hydrogen) atoms. The second-order valence-electron chi connectivity index (χ2n) is 8.84. The maximum atomic E-state index is 5.84. The molecule has 1 N–H and O–H groups in total. The fourth-order valence-corrected chi connectivity index (χ4v) is 5.11. The summed E-state index contributed by atoms with van der Waals surface area (Å²) in [6.07, 6.45) is 8.09. The van der Waals surface area contributed by atoms with E-state index in [0.717, 1.165) is 45.6 Å². The summed E-state index contributed by atoms with van der Waals surface area (Å²) < 4.78 is 12.1. The lowest BCUT2D eigenvalue weighted by Gasteiger charge is -2.27. The van der Waals surface area contributed by atoms with Crippen molar-refractivity contribution in [1.82, 2.24) is 19.1 Å². The summed E-state index contributed by atoms with van der Waals surface area (Å²) in [5.74, 6) is 1.62. The van der Waals surface area contributed by atoms with Crippen LogP contribution in [-0.2, 0) is 11.5 Å². The Bertz CT molecular complexity index is 1020. The van der Waals surface area contributed by atoms with Crippen LogP contribution >= 0.6 is 23.3 Å². The topological polar surface area (TPSA) is 79.9 Å². The molecule has 2 aromatic rings. The SMILES string of the molecule is CSC1=CN2C(=NCC2c2cnn(COCC[Si](C)(C)C)c2)C(Nc2cc(C)ns2)=N1. The van der Waals surface area contributed by atoms with E-state index < -0.39 is 8.07 Å². The molecule has 0 saturated carbocycles. The second kappa shape index (κ2) is 9.27. The third kappa shape index (κ3) is 5.46. The van der Waals surface area contributed by atoms with Crippen molar-refractivity contribution in [2.24, 2.45) is 9.98 Å². The van der Waals surface area contributed by atoms with E-state index in [1.807, 2.05) is 30.1 Å². The van der Waals surface area contributed by atoms with Crippen molar-refractivity contribution in [2.45, 2.75) is 45.4 Å². The fourth-order valence-electron chi connectivity index (χ4n) is 3.29. The van der Waals surface area contributed by atoms with Crippen LogP contribution in [-0.4, -0.2) is 58.2 Å². The van der Waals surface area contributed by atoms with Gasteiger partial charge in [-0.1, -0.05) is 19.6 Å². The zero-order valence-corrected chi connectivity index (χ0v) is 21.3. The number of rotatable bonds is 8. The fraction of sp³-hybridized carbons (Fsp3) is 0.500. The molecule has 1 unspecified atom stereocenters. The third-order valence-corrected chi connectivity index (χ3v) is 8.13. The summed E-state index contributed by atoms with van der Waals surface area (Å²) in [6.45, 7) is 11.0. The smallest absolute Gasteiger partial charge is 0.175 e. The van der Waals surface area contributed by atoms with Gasteiger partial charge in [0, 0.05) is 32.6 Å². The largest absolute Gasteiger partial charge is 0.360 e. The molecule has 1 atom stereocenters. The molecule has 0 aromatic carbocycles. The summed E-state index contributed by atoms with van der Waals surface area (Å²) in [5, 5.41) is 9.82. The average molecular weight is 476 g/mol. The molecule has 0 spiro atoms. The third-order valence-electron chi connectivity index (χ3n) is 5.01. The molecule has 0 bridgehead atoms. The Morgan fingerprint density at radius 1 is 1.35 bits per heavy atom. The minimum absolute atomic E-state index is 0.100. The Labute approximate surface area is 192 Å². The number of amidine groups is 2. The number of aryl methyl sites for hydroxylation is 1. The van der Waals surface area contributed by atoms with Crippen LogP contribution in [0.3, 0.4) is 0 Å². The van der Waals surface area contributed by atoms with Crippen molar-refractivity contribution in [3.8, 4) is 0 Å². The maximum absolute atomic E-state index is 5.84. The van der Waals surface area contributed by atoms with E-state index in [2.05, 4.69) is 51.7 Å². The number of hydrogen-bond donors (Lipinski definition) is 1. The van der Waals surface area contributed by atoms with Gasteiger partial charge in [0.15, 0.2) is 11.7 Å². The molecular weight excluding hydrogens is 446 g/mol. The van der Waals surface area contributed by atoms with E-state index in [1.165, 1.54) is 11.5 Å². The number of anilines is 1. The van der Waals surface area contributed by atoms with Gasteiger partial charge in [-0.2, -0.15) is 9.47 Å². The molecule has 0 amide bonds. The Morgan fingerprint density at radius 2 is 2.19 bits per heavy atom. The van der Waals surface area contributed by atoms with Crippen molar-refractivity contribution in [2.75, 3.05) is 24.7 Å². The number of aliphatic imine (C=N–C) groups is 2. The monoisotopic (exact) mass is 475 g/mol. The Morgan fingerprint density at radius 3 is 2.90 bits per heavy atom. The lowest BCUT2D eigenvalue weighted by Crippen LogP contribution is -2.37. The van der Waals surface area contributed by atoms with Gasteiger partial charge in [-0.3, -0.25) is 4.99 Å². The summed E-state index contributed by atoms with van der Waals surface area (Å²) in [4.78, 5) is 11.7. The standard InChI is InChI=1S/C20H29N7OS2Si/c1-14-8-17(30-25-14)23-19-20-21-10-16(27(20)12-18(24-19)29-2)15-9-22-26(11-15)13-28-6-7-31(3,4)5/h8-9,11-12,16H,6-7,10,13H2,1-5H3,(H,23,24). The molecule has 0 fully saturated rings. The van der Waals surface area contributed by atoms with Crippen molar-refractivity contribution in [3.63, 3.8) is 0 Å². The minimum atomic E-state index is -1.08. The molecule has 11 heteroatoms. The molecule has 166 valence electrons. The lowest BCUT2D eigenvalue weighted by molar-refractivity contribution is 0.0785. The van der Waals surface area contributed by atoms with Crippen molar-refractivity contribution in [3.05, 3.63) is 40.9 Å². The quantitative estimate of drug-likeness (QED) is 0.450. The Balaban J connectivity index is 1.44. The van der Waals surface area contributed by atoms with E-state index in [-0.39, 0.29) is 6.04 Å². The zero-order chi connectivity index (χ0) is 22.0. The van der Waals surface area contributed by atoms with Gasteiger partial charge in [0.25, 0.3) is 0 Å². The van der Waals surface area contributed by atoms with Gasteiger partial charge >= 0.3 is 0 Å². The van der Waals surface area contributed by atoms with Gasteiger partial charge in [0.05, 0.1) is 24.5 Å². The molecule has 2 aromatic heterocycles. The molecule has 0 saturated heterocycles. The zero-order valence-electron chi connectivity index (χ0n) is 18.6. The highest BCUT2D eigenvalue weighted by molar-refractivity contribution is 8.02. The van der Waals surface area contributed by atoms with E-state index >= 15 is 0 Å². The van der Waals surface area contributed by atoms with Gasteiger partial charge in [-0.05, 0) is 36.8 Å². The first-order valence-electron chi connectivity index (χ1n) is 10.3. The normalized spacial score (nSPS) is 18.5. The molecule has 4 heterocycles. The molecular formula is C20H29N7OS2Si. The molecule has 2 aliphatic rings. The van der Waals surface area contributed by atoms with Gasteiger partial charge in [0.1, 0.15) is 16.8 Å². The predicted molar refractivity (Wildman–Crippen MR) is 133 cm³/mol. The van der Waals surface area contributed by atoms with Crippen LogP contribution in [0.15, 0.2) is 39.7 Å². The van der Waals surface area contributed by atoms with Crippen LogP contribution < -0.4 is 5.32 Å².